The fourth-order valence-corrected chi connectivity index (χ4v) is 3.71. The predicted molar refractivity (Wildman–Crippen MR) is 110 cm³/mol. The molecule has 1 aliphatic heterocycles. The van der Waals surface area contributed by atoms with Gasteiger partial charge in [-0.3, -0.25) is 19.3 Å². The maximum absolute atomic E-state index is 12.9. The van der Waals surface area contributed by atoms with Crippen molar-refractivity contribution in [3.63, 3.8) is 0 Å². The first kappa shape index (κ1) is 20.3. The molecular weight excluding hydrogens is 398 g/mol. The number of aryl methyl sites for hydroxylation is 1. The predicted octanol–water partition coefficient (Wildman–Crippen LogP) is 2.92. The molecule has 0 N–H and O–H groups in total. The number of nitrogens with zero attached hydrogens (tertiary/aromatic N) is 3. The molecule has 8 heteroatoms. The first-order chi connectivity index (χ1) is 14.9. The molecule has 4 amide bonds. The van der Waals surface area contributed by atoms with Gasteiger partial charge >= 0.3 is 17.8 Å². The standard InChI is InChI=1S/C23H21N3O5/c1-15-11-19(16(2)24(15)13-18-9-6-10-31-18)20(27)14-26-22(29)21(28)25(23(26)30)12-17-7-4-3-5-8-17/h3-11H,12-14H2,1-2H3. The third kappa shape index (κ3) is 3.79. The molecular formula is C23H21N3O5. The van der Waals surface area contributed by atoms with Crippen LogP contribution >= 0.6 is 0 Å². The first-order valence-corrected chi connectivity index (χ1v) is 9.80. The van der Waals surface area contributed by atoms with Gasteiger partial charge in [0.2, 0.25) is 0 Å². The zero-order valence-electron chi connectivity index (χ0n) is 17.2. The normalized spacial score (nSPS) is 14.1. The molecule has 0 radical (unpaired) electrons. The highest BCUT2D eigenvalue weighted by Crippen LogP contribution is 2.21. The molecule has 1 fully saturated rings. The van der Waals surface area contributed by atoms with Gasteiger partial charge in [0.25, 0.3) is 0 Å². The Labute approximate surface area is 178 Å². The summed E-state index contributed by atoms with van der Waals surface area (Å²) >= 11 is 0. The van der Waals surface area contributed by atoms with Gasteiger partial charge in [0.15, 0.2) is 5.78 Å². The van der Waals surface area contributed by atoms with Crippen LogP contribution in [-0.4, -0.2) is 44.5 Å². The average Bonchev–Trinajstić information content (AvgIpc) is 3.43. The van der Waals surface area contributed by atoms with Crippen molar-refractivity contribution in [2.75, 3.05) is 6.54 Å². The first-order valence-electron chi connectivity index (χ1n) is 9.80. The van der Waals surface area contributed by atoms with Crippen LogP contribution in [0.15, 0.2) is 59.2 Å². The van der Waals surface area contributed by atoms with Gasteiger partial charge in [-0.15, -0.1) is 0 Å². The van der Waals surface area contributed by atoms with Gasteiger partial charge in [0.05, 0.1) is 25.9 Å². The Kier molecular flexibility index (Phi) is 5.29. The van der Waals surface area contributed by atoms with Crippen molar-refractivity contribution < 1.29 is 23.6 Å². The molecule has 8 nitrogen and oxygen atoms in total. The fourth-order valence-electron chi connectivity index (χ4n) is 3.71. The average molecular weight is 419 g/mol. The SMILES string of the molecule is Cc1cc(C(=O)CN2C(=O)C(=O)N(Cc3ccccc3)C2=O)c(C)n1Cc1ccco1. The molecule has 3 heterocycles. The van der Waals surface area contributed by atoms with E-state index in [1.807, 2.05) is 23.6 Å². The van der Waals surface area contributed by atoms with E-state index in [0.717, 1.165) is 16.4 Å². The second-order valence-electron chi connectivity index (χ2n) is 7.42. The Morgan fingerprint density at radius 3 is 2.29 bits per heavy atom. The summed E-state index contributed by atoms with van der Waals surface area (Å²) in [6.45, 7) is 3.61. The number of urea groups is 1. The second-order valence-corrected chi connectivity index (χ2v) is 7.42. The van der Waals surface area contributed by atoms with Gasteiger partial charge in [-0.25, -0.2) is 9.69 Å². The second kappa shape index (κ2) is 8.06. The van der Waals surface area contributed by atoms with Crippen LogP contribution in [0.25, 0.3) is 0 Å². The minimum Gasteiger partial charge on any atom is -0.467 e. The van der Waals surface area contributed by atoms with Gasteiger partial charge in [0.1, 0.15) is 5.76 Å². The molecule has 0 aliphatic carbocycles. The number of Topliss-reactive ketones (excluding diaryl/α,β-unsaturated/α-hetero) is 1. The third-order valence-electron chi connectivity index (χ3n) is 5.39. The lowest BCUT2D eigenvalue weighted by molar-refractivity contribution is -0.143. The van der Waals surface area contributed by atoms with E-state index in [1.165, 1.54) is 0 Å². The van der Waals surface area contributed by atoms with Crippen molar-refractivity contribution in [3.05, 3.63) is 83.1 Å². The minimum atomic E-state index is -0.987. The lowest BCUT2D eigenvalue weighted by Gasteiger charge is -2.15. The quantitative estimate of drug-likeness (QED) is 0.334. The maximum atomic E-state index is 12.9. The number of ketones is 1. The number of hydrogen-bond acceptors (Lipinski definition) is 5. The molecule has 2 aromatic heterocycles. The number of carbonyl (C=O) groups excluding carboxylic acids is 4. The molecule has 0 unspecified atom stereocenters. The van der Waals surface area contributed by atoms with Crippen molar-refractivity contribution >= 4 is 23.6 Å². The Morgan fingerprint density at radius 2 is 1.61 bits per heavy atom. The fraction of sp³-hybridized carbons (Fsp3) is 0.217. The highest BCUT2D eigenvalue weighted by atomic mass is 16.3. The van der Waals surface area contributed by atoms with Gasteiger partial charge in [-0.05, 0) is 37.6 Å². The molecule has 4 rings (SSSR count). The number of carbonyl (C=O) groups is 4. The number of hydrogen-bond donors (Lipinski definition) is 0. The van der Waals surface area contributed by atoms with Crippen LogP contribution in [0.3, 0.4) is 0 Å². The summed E-state index contributed by atoms with van der Waals surface area (Å²) < 4.78 is 7.30. The van der Waals surface area contributed by atoms with Crippen LogP contribution in [0.4, 0.5) is 4.79 Å². The minimum absolute atomic E-state index is 0.0212. The summed E-state index contributed by atoms with van der Waals surface area (Å²) in [7, 11) is 0. The highest BCUT2D eigenvalue weighted by molar-refractivity contribution is 6.45. The molecule has 1 saturated heterocycles. The van der Waals surface area contributed by atoms with Crippen LogP contribution in [-0.2, 0) is 22.7 Å². The van der Waals surface area contributed by atoms with Crippen LogP contribution in [0.2, 0.25) is 0 Å². The van der Waals surface area contributed by atoms with Gasteiger partial charge in [-0.1, -0.05) is 30.3 Å². The van der Waals surface area contributed by atoms with Crippen molar-refractivity contribution in [3.8, 4) is 0 Å². The number of furan rings is 1. The molecule has 158 valence electrons. The van der Waals surface area contributed by atoms with Crippen molar-refractivity contribution in [1.29, 1.82) is 0 Å². The summed E-state index contributed by atoms with van der Waals surface area (Å²) in [6, 6.07) is 13.5. The smallest absolute Gasteiger partial charge is 0.334 e. The van der Waals surface area contributed by atoms with E-state index in [-0.39, 0.29) is 6.54 Å². The maximum Gasteiger partial charge on any atom is 0.334 e. The summed E-state index contributed by atoms with van der Waals surface area (Å²) in [5.74, 6) is -1.58. The Morgan fingerprint density at radius 1 is 0.903 bits per heavy atom. The van der Waals surface area contributed by atoms with Crippen LogP contribution < -0.4 is 0 Å². The Balaban J connectivity index is 1.51. The van der Waals surface area contributed by atoms with E-state index in [4.69, 9.17) is 4.42 Å². The monoisotopic (exact) mass is 419 g/mol. The van der Waals surface area contributed by atoms with E-state index < -0.39 is 30.2 Å². The Hall–Kier alpha value is -3.94. The largest absolute Gasteiger partial charge is 0.467 e. The summed E-state index contributed by atoms with van der Waals surface area (Å²) in [5.41, 5.74) is 2.66. The van der Waals surface area contributed by atoms with E-state index in [9.17, 15) is 19.2 Å². The number of aromatic nitrogens is 1. The molecule has 1 aliphatic rings. The summed E-state index contributed by atoms with van der Waals surface area (Å²) in [6.07, 6.45) is 1.58. The highest BCUT2D eigenvalue weighted by Gasteiger charge is 2.45. The molecule has 31 heavy (non-hydrogen) atoms. The zero-order valence-corrected chi connectivity index (χ0v) is 17.2. The van der Waals surface area contributed by atoms with Crippen molar-refractivity contribution in [1.82, 2.24) is 14.4 Å². The lowest BCUT2D eigenvalue weighted by Crippen LogP contribution is -2.37. The summed E-state index contributed by atoms with van der Waals surface area (Å²) in [5, 5.41) is 0. The van der Waals surface area contributed by atoms with E-state index in [1.54, 1.807) is 49.6 Å². The molecule has 3 aromatic rings. The lowest BCUT2D eigenvalue weighted by atomic mass is 10.1. The van der Waals surface area contributed by atoms with E-state index in [0.29, 0.717) is 28.3 Å². The zero-order chi connectivity index (χ0) is 22.1. The van der Waals surface area contributed by atoms with Crippen LogP contribution in [0.1, 0.15) is 33.1 Å². The molecule has 1 aromatic carbocycles. The number of rotatable bonds is 7. The van der Waals surface area contributed by atoms with Crippen LogP contribution in [0.5, 0.6) is 0 Å². The van der Waals surface area contributed by atoms with Crippen molar-refractivity contribution in [2.24, 2.45) is 0 Å². The van der Waals surface area contributed by atoms with Crippen molar-refractivity contribution in [2.45, 2.75) is 26.9 Å². The molecule has 0 spiro atoms. The number of imide groups is 2. The summed E-state index contributed by atoms with van der Waals surface area (Å²) in [4.78, 5) is 52.0. The topological polar surface area (TPSA) is 92.8 Å². The Bertz CT molecular complexity index is 1160. The third-order valence-corrected chi connectivity index (χ3v) is 5.39. The number of amides is 4. The molecule has 0 atom stereocenters. The molecule has 0 saturated carbocycles. The number of benzene rings is 1. The van der Waals surface area contributed by atoms with E-state index >= 15 is 0 Å². The van der Waals surface area contributed by atoms with E-state index in [2.05, 4.69) is 0 Å². The van der Waals surface area contributed by atoms with Gasteiger partial charge in [-0.2, -0.15) is 0 Å². The molecule has 0 bridgehead atoms. The van der Waals surface area contributed by atoms with Gasteiger partial charge < -0.3 is 8.98 Å². The van der Waals surface area contributed by atoms with Crippen LogP contribution in [0, 0.1) is 13.8 Å². The van der Waals surface area contributed by atoms with Gasteiger partial charge in [0, 0.05) is 17.0 Å².